The van der Waals surface area contributed by atoms with Crippen molar-refractivity contribution in [3.63, 3.8) is 0 Å². The minimum atomic E-state index is -0.315. The molecule has 1 fully saturated rings. The fourth-order valence-electron chi connectivity index (χ4n) is 1.43. The van der Waals surface area contributed by atoms with Crippen molar-refractivity contribution in [3.8, 4) is 0 Å². The zero-order valence-electron chi connectivity index (χ0n) is 7.07. The topological polar surface area (TPSA) is 33.4 Å². The molecule has 2 rings (SSSR count). The summed E-state index contributed by atoms with van der Waals surface area (Å²) in [4.78, 5) is 0. The van der Waals surface area contributed by atoms with Gasteiger partial charge in [0.05, 0.1) is 18.6 Å². The van der Waals surface area contributed by atoms with Gasteiger partial charge < -0.3 is 9.52 Å². The molecule has 1 aliphatic rings. The summed E-state index contributed by atoms with van der Waals surface area (Å²) >= 11 is 0. The molecule has 1 saturated carbocycles. The largest absolute Gasteiger partial charge is 0.472 e. The molecule has 2 heteroatoms. The molecular weight excluding hydrogens is 152 g/mol. The lowest BCUT2D eigenvalue weighted by Crippen LogP contribution is -1.95. The van der Waals surface area contributed by atoms with Crippen LogP contribution in [0.3, 0.4) is 0 Å². The lowest BCUT2D eigenvalue weighted by molar-refractivity contribution is 0.161. The van der Waals surface area contributed by atoms with E-state index in [-0.39, 0.29) is 6.10 Å². The molecule has 1 atom stereocenters. The molecule has 0 bridgehead atoms. The summed E-state index contributed by atoms with van der Waals surface area (Å²) in [5.41, 5.74) is 0.913. The second kappa shape index (κ2) is 3.31. The predicted octanol–water partition coefficient (Wildman–Crippen LogP) is 2.50. The summed E-state index contributed by atoms with van der Waals surface area (Å²) in [6.07, 6.45) is 7.67. The highest BCUT2D eigenvalue weighted by molar-refractivity contribution is 5.08. The van der Waals surface area contributed by atoms with Crippen LogP contribution in [0.5, 0.6) is 0 Å². The first-order chi connectivity index (χ1) is 5.86. The van der Waals surface area contributed by atoms with Gasteiger partial charge in [-0.1, -0.05) is 12.8 Å². The molecular formula is C10H14O2. The van der Waals surface area contributed by atoms with E-state index in [1.165, 1.54) is 12.8 Å². The standard InChI is InChI=1S/C10H14O2/c11-10(4-3-8-1-2-8)9-5-6-12-7-9/h5-8,10-11H,1-4H2. The smallest absolute Gasteiger partial charge is 0.0960 e. The van der Waals surface area contributed by atoms with Gasteiger partial charge in [-0.3, -0.25) is 0 Å². The average molecular weight is 166 g/mol. The quantitative estimate of drug-likeness (QED) is 0.745. The summed E-state index contributed by atoms with van der Waals surface area (Å²) in [5, 5.41) is 9.63. The Morgan fingerprint density at radius 3 is 3.00 bits per heavy atom. The third-order valence-electron chi connectivity index (χ3n) is 2.47. The summed E-state index contributed by atoms with van der Waals surface area (Å²) in [6.45, 7) is 0. The monoisotopic (exact) mass is 166 g/mol. The van der Waals surface area contributed by atoms with Crippen LogP contribution >= 0.6 is 0 Å². The molecule has 1 aromatic heterocycles. The van der Waals surface area contributed by atoms with Gasteiger partial charge in [-0.2, -0.15) is 0 Å². The fraction of sp³-hybridized carbons (Fsp3) is 0.600. The SMILES string of the molecule is OC(CCC1CC1)c1ccoc1. The third kappa shape index (κ3) is 1.89. The first-order valence-corrected chi connectivity index (χ1v) is 4.56. The number of hydrogen-bond acceptors (Lipinski definition) is 2. The fourth-order valence-corrected chi connectivity index (χ4v) is 1.43. The van der Waals surface area contributed by atoms with Crippen molar-refractivity contribution in [1.82, 2.24) is 0 Å². The Morgan fingerprint density at radius 2 is 2.42 bits per heavy atom. The van der Waals surface area contributed by atoms with E-state index in [2.05, 4.69) is 0 Å². The van der Waals surface area contributed by atoms with Gasteiger partial charge in [-0.15, -0.1) is 0 Å². The van der Waals surface area contributed by atoms with E-state index in [1.807, 2.05) is 6.07 Å². The van der Waals surface area contributed by atoms with Crippen molar-refractivity contribution in [2.75, 3.05) is 0 Å². The van der Waals surface area contributed by atoms with E-state index in [4.69, 9.17) is 4.42 Å². The molecule has 1 unspecified atom stereocenters. The highest BCUT2D eigenvalue weighted by atomic mass is 16.3. The lowest BCUT2D eigenvalue weighted by atomic mass is 10.1. The summed E-state index contributed by atoms with van der Waals surface area (Å²) < 4.78 is 4.90. The van der Waals surface area contributed by atoms with Crippen LogP contribution in [-0.4, -0.2) is 5.11 Å². The van der Waals surface area contributed by atoms with Crippen LogP contribution in [0.1, 0.15) is 37.4 Å². The first kappa shape index (κ1) is 7.87. The molecule has 2 nitrogen and oxygen atoms in total. The molecule has 1 aromatic rings. The second-order valence-electron chi connectivity index (χ2n) is 3.59. The normalized spacial score (nSPS) is 19.4. The van der Waals surface area contributed by atoms with Gasteiger partial charge in [-0.05, 0) is 24.8 Å². The van der Waals surface area contributed by atoms with E-state index in [0.717, 1.165) is 24.3 Å². The number of rotatable bonds is 4. The molecule has 1 heterocycles. The predicted molar refractivity (Wildman–Crippen MR) is 45.6 cm³/mol. The summed E-state index contributed by atoms with van der Waals surface area (Å²) in [5.74, 6) is 0.895. The van der Waals surface area contributed by atoms with Crippen molar-refractivity contribution in [2.24, 2.45) is 5.92 Å². The van der Waals surface area contributed by atoms with Gasteiger partial charge in [0.1, 0.15) is 0 Å². The van der Waals surface area contributed by atoms with Crippen LogP contribution in [0.2, 0.25) is 0 Å². The van der Waals surface area contributed by atoms with Crippen molar-refractivity contribution in [1.29, 1.82) is 0 Å². The van der Waals surface area contributed by atoms with Crippen LogP contribution in [0.15, 0.2) is 23.0 Å². The lowest BCUT2D eigenvalue weighted by Gasteiger charge is -2.06. The van der Waals surface area contributed by atoms with Crippen molar-refractivity contribution in [2.45, 2.75) is 31.8 Å². The maximum absolute atomic E-state index is 9.63. The molecule has 1 aliphatic carbocycles. The zero-order valence-corrected chi connectivity index (χ0v) is 7.07. The van der Waals surface area contributed by atoms with Crippen LogP contribution in [0.4, 0.5) is 0 Å². The van der Waals surface area contributed by atoms with E-state index in [1.54, 1.807) is 12.5 Å². The van der Waals surface area contributed by atoms with E-state index in [0.29, 0.717) is 0 Å². The van der Waals surface area contributed by atoms with Gasteiger partial charge in [-0.25, -0.2) is 0 Å². The van der Waals surface area contributed by atoms with Crippen molar-refractivity contribution >= 4 is 0 Å². The van der Waals surface area contributed by atoms with Crippen molar-refractivity contribution < 1.29 is 9.52 Å². The van der Waals surface area contributed by atoms with Crippen LogP contribution in [-0.2, 0) is 0 Å². The van der Waals surface area contributed by atoms with Crippen molar-refractivity contribution in [3.05, 3.63) is 24.2 Å². The van der Waals surface area contributed by atoms with E-state index < -0.39 is 0 Å². The van der Waals surface area contributed by atoms with Gasteiger partial charge in [0, 0.05) is 5.56 Å². The Kier molecular flexibility index (Phi) is 2.17. The minimum Gasteiger partial charge on any atom is -0.472 e. The molecule has 12 heavy (non-hydrogen) atoms. The maximum atomic E-state index is 9.63. The molecule has 0 radical (unpaired) electrons. The number of furan rings is 1. The Labute approximate surface area is 72.2 Å². The van der Waals surface area contributed by atoms with E-state index >= 15 is 0 Å². The van der Waals surface area contributed by atoms with Gasteiger partial charge in [0.2, 0.25) is 0 Å². The number of hydrogen-bond donors (Lipinski definition) is 1. The van der Waals surface area contributed by atoms with Gasteiger partial charge in [0.15, 0.2) is 0 Å². The Morgan fingerprint density at radius 1 is 1.58 bits per heavy atom. The molecule has 1 N–H and O–H groups in total. The molecule has 0 spiro atoms. The Balaban J connectivity index is 1.79. The molecule has 0 aromatic carbocycles. The molecule has 66 valence electrons. The van der Waals surface area contributed by atoms with Crippen LogP contribution < -0.4 is 0 Å². The van der Waals surface area contributed by atoms with Gasteiger partial charge >= 0.3 is 0 Å². The van der Waals surface area contributed by atoms with Gasteiger partial charge in [0.25, 0.3) is 0 Å². The summed E-state index contributed by atoms with van der Waals surface area (Å²) in [6, 6.07) is 1.83. The second-order valence-corrected chi connectivity index (χ2v) is 3.59. The van der Waals surface area contributed by atoms with Crippen LogP contribution in [0.25, 0.3) is 0 Å². The minimum absolute atomic E-state index is 0.315. The number of aliphatic hydroxyl groups excluding tert-OH is 1. The number of aliphatic hydroxyl groups is 1. The molecule has 0 saturated heterocycles. The van der Waals surface area contributed by atoms with Crippen LogP contribution in [0, 0.1) is 5.92 Å². The first-order valence-electron chi connectivity index (χ1n) is 4.56. The maximum Gasteiger partial charge on any atom is 0.0960 e. The third-order valence-corrected chi connectivity index (χ3v) is 2.47. The average Bonchev–Trinajstić information content (AvgIpc) is 2.74. The zero-order chi connectivity index (χ0) is 8.39. The van der Waals surface area contributed by atoms with E-state index in [9.17, 15) is 5.11 Å². The molecule has 0 amide bonds. The Hall–Kier alpha value is -0.760. The highest BCUT2D eigenvalue weighted by Crippen LogP contribution is 2.35. The summed E-state index contributed by atoms with van der Waals surface area (Å²) in [7, 11) is 0. The Bertz CT molecular complexity index is 224. The highest BCUT2D eigenvalue weighted by Gasteiger charge is 2.22. The molecule has 0 aliphatic heterocycles.